The lowest BCUT2D eigenvalue weighted by atomic mass is 10.1. The summed E-state index contributed by atoms with van der Waals surface area (Å²) in [6, 6.07) is 1.28. The summed E-state index contributed by atoms with van der Waals surface area (Å²) >= 11 is 2.99. The number of fused-ring (bicyclic) bond motifs is 1. The highest BCUT2D eigenvalue weighted by Crippen LogP contribution is 2.24. The molecular formula is C8H6BrFN2O. The summed E-state index contributed by atoms with van der Waals surface area (Å²) in [6.07, 6.45) is 0.984. The van der Waals surface area contributed by atoms with Crippen molar-refractivity contribution in [1.29, 1.82) is 0 Å². The van der Waals surface area contributed by atoms with E-state index in [9.17, 15) is 9.18 Å². The van der Waals surface area contributed by atoms with Crippen LogP contribution in [0.2, 0.25) is 0 Å². The van der Waals surface area contributed by atoms with Gasteiger partial charge in [-0.15, -0.1) is 0 Å². The van der Waals surface area contributed by atoms with Crippen molar-refractivity contribution in [2.45, 2.75) is 12.8 Å². The largest absolute Gasteiger partial charge is 0.324 e. The quantitative estimate of drug-likeness (QED) is 0.709. The van der Waals surface area contributed by atoms with Gasteiger partial charge in [0.1, 0.15) is 4.60 Å². The number of aryl methyl sites for hydroxylation is 1. The van der Waals surface area contributed by atoms with Crippen LogP contribution in [0.3, 0.4) is 0 Å². The van der Waals surface area contributed by atoms with Crippen molar-refractivity contribution in [3.63, 3.8) is 0 Å². The van der Waals surface area contributed by atoms with Gasteiger partial charge in [0.15, 0.2) is 5.82 Å². The van der Waals surface area contributed by atoms with Crippen molar-refractivity contribution < 1.29 is 9.18 Å². The standard InChI is InChI=1S/C8H6BrFN2O/c9-8-4(10)3-6-5(12-8)1-2-7(13)11-6/h3H,1-2H2,(H,11,13). The molecule has 0 radical (unpaired) electrons. The Bertz CT molecular complexity index is 381. The second kappa shape index (κ2) is 3.06. The Labute approximate surface area is 82.5 Å². The molecule has 0 saturated heterocycles. The van der Waals surface area contributed by atoms with Crippen LogP contribution in [0.15, 0.2) is 10.7 Å². The molecule has 0 bridgehead atoms. The van der Waals surface area contributed by atoms with Crippen molar-refractivity contribution in [1.82, 2.24) is 4.98 Å². The van der Waals surface area contributed by atoms with Crippen LogP contribution < -0.4 is 5.32 Å². The minimum atomic E-state index is -0.457. The molecule has 0 aromatic carbocycles. The monoisotopic (exact) mass is 244 g/mol. The number of amides is 1. The van der Waals surface area contributed by atoms with Crippen LogP contribution in [0.4, 0.5) is 10.1 Å². The van der Waals surface area contributed by atoms with Crippen LogP contribution in [0.5, 0.6) is 0 Å². The van der Waals surface area contributed by atoms with E-state index in [0.717, 1.165) is 5.69 Å². The van der Waals surface area contributed by atoms with Gasteiger partial charge in [0.2, 0.25) is 5.91 Å². The van der Waals surface area contributed by atoms with Gasteiger partial charge in [-0.25, -0.2) is 9.37 Å². The Morgan fingerprint density at radius 1 is 1.54 bits per heavy atom. The summed E-state index contributed by atoms with van der Waals surface area (Å²) < 4.78 is 13.2. The zero-order chi connectivity index (χ0) is 9.42. The highest BCUT2D eigenvalue weighted by molar-refractivity contribution is 9.10. The molecule has 2 rings (SSSR count). The average Bonchev–Trinajstić information content (AvgIpc) is 2.08. The molecule has 1 aliphatic heterocycles. The predicted octanol–water partition coefficient (Wildman–Crippen LogP) is 1.87. The Hall–Kier alpha value is -0.970. The summed E-state index contributed by atoms with van der Waals surface area (Å²) in [6.45, 7) is 0. The number of hydrogen-bond acceptors (Lipinski definition) is 2. The van der Waals surface area contributed by atoms with Crippen LogP contribution in [-0.2, 0) is 11.2 Å². The molecule has 1 aromatic rings. The van der Waals surface area contributed by atoms with Gasteiger partial charge in [0, 0.05) is 18.9 Å². The predicted molar refractivity (Wildman–Crippen MR) is 48.8 cm³/mol. The van der Waals surface area contributed by atoms with E-state index in [2.05, 4.69) is 26.2 Å². The molecule has 5 heteroatoms. The molecule has 0 saturated carbocycles. The maximum absolute atomic E-state index is 13.0. The number of halogens is 2. The molecule has 2 heterocycles. The van der Waals surface area contributed by atoms with Gasteiger partial charge in [0.05, 0.1) is 11.4 Å². The molecule has 0 unspecified atom stereocenters. The molecule has 0 fully saturated rings. The second-order valence-corrected chi connectivity index (χ2v) is 3.55. The zero-order valence-corrected chi connectivity index (χ0v) is 8.19. The van der Waals surface area contributed by atoms with E-state index in [-0.39, 0.29) is 10.5 Å². The van der Waals surface area contributed by atoms with Gasteiger partial charge in [-0.3, -0.25) is 4.79 Å². The molecule has 3 nitrogen and oxygen atoms in total. The number of anilines is 1. The van der Waals surface area contributed by atoms with Crippen molar-refractivity contribution >= 4 is 27.5 Å². The number of carbonyl (C=O) groups excluding carboxylic acids is 1. The van der Waals surface area contributed by atoms with Crippen molar-refractivity contribution in [2.24, 2.45) is 0 Å². The molecule has 1 amide bonds. The highest BCUT2D eigenvalue weighted by Gasteiger charge is 2.17. The van der Waals surface area contributed by atoms with Crippen molar-refractivity contribution in [2.75, 3.05) is 5.32 Å². The van der Waals surface area contributed by atoms with Crippen LogP contribution in [0.25, 0.3) is 0 Å². The number of nitrogens with zero attached hydrogens (tertiary/aromatic N) is 1. The van der Waals surface area contributed by atoms with E-state index in [1.807, 2.05) is 0 Å². The average molecular weight is 245 g/mol. The number of nitrogens with one attached hydrogen (secondary N) is 1. The van der Waals surface area contributed by atoms with Gasteiger partial charge in [-0.05, 0) is 15.9 Å². The third-order valence-corrected chi connectivity index (χ3v) is 2.43. The molecule has 68 valence electrons. The van der Waals surface area contributed by atoms with Gasteiger partial charge in [0.25, 0.3) is 0 Å². The topological polar surface area (TPSA) is 42.0 Å². The van der Waals surface area contributed by atoms with Crippen LogP contribution >= 0.6 is 15.9 Å². The minimum Gasteiger partial charge on any atom is -0.324 e. The zero-order valence-electron chi connectivity index (χ0n) is 6.60. The minimum absolute atomic E-state index is 0.0870. The lowest BCUT2D eigenvalue weighted by Gasteiger charge is -2.15. The fraction of sp³-hybridized carbons (Fsp3) is 0.250. The lowest BCUT2D eigenvalue weighted by Crippen LogP contribution is -2.20. The summed E-state index contributed by atoms with van der Waals surface area (Å²) in [4.78, 5) is 14.9. The number of rotatable bonds is 0. The SMILES string of the molecule is O=C1CCc2nc(Br)c(F)cc2N1. The Morgan fingerprint density at radius 2 is 2.31 bits per heavy atom. The van der Waals surface area contributed by atoms with Crippen LogP contribution in [-0.4, -0.2) is 10.9 Å². The van der Waals surface area contributed by atoms with Crippen molar-refractivity contribution in [3.8, 4) is 0 Å². The second-order valence-electron chi connectivity index (χ2n) is 2.80. The van der Waals surface area contributed by atoms with E-state index in [1.54, 1.807) is 0 Å². The Kier molecular flexibility index (Phi) is 2.03. The van der Waals surface area contributed by atoms with Gasteiger partial charge in [-0.1, -0.05) is 0 Å². The molecule has 0 atom stereocenters. The molecule has 1 aromatic heterocycles. The molecule has 0 spiro atoms. The van der Waals surface area contributed by atoms with Crippen LogP contribution in [0.1, 0.15) is 12.1 Å². The fourth-order valence-corrected chi connectivity index (χ4v) is 1.57. The highest BCUT2D eigenvalue weighted by atomic mass is 79.9. The number of aromatic nitrogens is 1. The molecule has 13 heavy (non-hydrogen) atoms. The first-order chi connectivity index (χ1) is 6.16. The molecule has 1 N–H and O–H groups in total. The smallest absolute Gasteiger partial charge is 0.224 e. The van der Waals surface area contributed by atoms with E-state index in [1.165, 1.54) is 6.07 Å². The van der Waals surface area contributed by atoms with Gasteiger partial charge in [-0.2, -0.15) is 0 Å². The normalized spacial score (nSPS) is 15.1. The lowest BCUT2D eigenvalue weighted by molar-refractivity contribution is -0.116. The number of hydrogen-bond donors (Lipinski definition) is 1. The summed E-state index contributed by atoms with van der Waals surface area (Å²) in [5.41, 5.74) is 1.21. The summed E-state index contributed by atoms with van der Waals surface area (Å²) in [5, 5.41) is 2.57. The Balaban J connectivity index is 2.49. The maximum atomic E-state index is 13.0. The maximum Gasteiger partial charge on any atom is 0.224 e. The van der Waals surface area contributed by atoms with Crippen molar-refractivity contribution in [3.05, 3.63) is 22.2 Å². The first-order valence-corrected chi connectivity index (χ1v) is 4.61. The Morgan fingerprint density at radius 3 is 3.08 bits per heavy atom. The molecular weight excluding hydrogens is 239 g/mol. The van der Waals surface area contributed by atoms with Crippen LogP contribution in [0, 0.1) is 5.82 Å². The van der Waals surface area contributed by atoms with E-state index < -0.39 is 5.82 Å². The number of pyridine rings is 1. The van der Waals surface area contributed by atoms with Gasteiger partial charge >= 0.3 is 0 Å². The van der Waals surface area contributed by atoms with Gasteiger partial charge < -0.3 is 5.32 Å². The first kappa shape index (κ1) is 8.62. The third kappa shape index (κ3) is 1.56. The number of carbonyl (C=O) groups is 1. The third-order valence-electron chi connectivity index (χ3n) is 1.88. The first-order valence-electron chi connectivity index (χ1n) is 3.81. The summed E-state index contributed by atoms with van der Waals surface area (Å²) in [7, 11) is 0. The summed E-state index contributed by atoms with van der Waals surface area (Å²) in [5.74, 6) is -0.544. The fourth-order valence-electron chi connectivity index (χ4n) is 1.25. The van der Waals surface area contributed by atoms with E-state index >= 15 is 0 Å². The molecule has 0 aliphatic carbocycles. The molecule has 1 aliphatic rings. The van der Waals surface area contributed by atoms with E-state index in [4.69, 9.17) is 0 Å². The van der Waals surface area contributed by atoms with E-state index in [0.29, 0.717) is 18.5 Å².